The Morgan fingerprint density at radius 2 is 1.84 bits per heavy atom. The van der Waals surface area contributed by atoms with Crippen LogP contribution in [0, 0.1) is 18.6 Å². The van der Waals surface area contributed by atoms with Crippen LogP contribution < -0.4 is 10.6 Å². The number of benzene rings is 2. The molecule has 3 aromatic rings. The Kier molecular flexibility index (Phi) is 10.5. The number of anilines is 1. The molecule has 1 atom stereocenters. The van der Waals surface area contributed by atoms with E-state index < -0.39 is 35.1 Å². The molecule has 2 amide bonds. The first kappa shape index (κ1) is 32.8. The van der Waals surface area contributed by atoms with Crippen molar-refractivity contribution in [2.45, 2.75) is 65.0 Å². The van der Waals surface area contributed by atoms with Crippen molar-refractivity contribution in [2.24, 2.45) is 0 Å². The van der Waals surface area contributed by atoms with Crippen LogP contribution in [0.5, 0.6) is 0 Å². The molecular formula is C32H35ClF2N4O5. The van der Waals surface area contributed by atoms with Crippen molar-refractivity contribution in [3.8, 4) is 11.3 Å². The van der Waals surface area contributed by atoms with Gasteiger partial charge in [0.25, 0.3) is 5.91 Å². The Bertz CT molecular complexity index is 1560. The van der Waals surface area contributed by atoms with Gasteiger partial charge in [-0.2, -0.15) is 0 Å². The molecule has 0 unspecified atom stereocenters. The van der Waals surface area contributed by atoms with Gasteiger partial charge in [0.15, 0.2) is 0 Å². The second-order valence-corrected chi connectivity index (χ2v) is 11.8. The lowest BCUT2D eigenvalue weighted by atomic mass is 10.0. The molecule has 12 heteroatoms. The van der Waals surface area contributed by atoms with Gasteiger partial charge in [0.2, 0.25) is 5.91 Å². The van der Waals surface area contributed by atoms with Crippen LogP contribution in [0.1, 0.15) is 73.4 Å². The second-order valence-electron chi connectivity index (χ2n) is 11.4. The molecule has 0 radical (unpaired) electrons. The lowest BCUT2D eigenvalue weighted by Gasteiger charge is -2.19. The summed E-state index contributed by atoms with van der Waals surface area (Å²) in [6.07, 6.45) is 4.24. The van der Waals surface area contributed by atoms with E-state index in [1.54, 1.807) is 30.4 Å². The van der Waals surface area contributed by atoms with Gasteiger partial charge in [-0.3, -0.25) is 14.4 Å². The topological polar surface area (TPSA) is 122 Å². The monoisotopic (exact) mass is 628 g/mol. The lowest BCUT2D eigenvalue weighted by molar-refractivity contribution is -0.146. The molecule has 9 nitrogen and oxygen atoms in total. The van der Waals surface area contributed by atoms with Gasteiger partial charge < -0.3 is 25.1 Å². The Balaban J connectivity index is 1.60. The maximum Gasteiger partial charge on any atom is 0.310 e. The number of esters is 1. The van der Waals surface area contributed by atoms with Crippen molar-refractivity contribution in [1.82, 2.24) is 15.3 Å². The van der Waals surface area contributed by atoms with Gasteiger partial charge in [0.1, 0.15) is 40.5 Å². The predicted octanol–water partition coefficient (Wildman–Crippen LogP) is 6.37. The van der Waals surface area contributed by atoms with E-state index in [1.165, 1.54) is 6.92 Å². The molecule has 2 bridgehead atoms. The number of ether oxygens (including phenoxy) is 2. The number of aromatic amines is 1. The largest absolute Gasteiger partial charge is 0.463 e. The van der Waals surface area contributed by atoms with Gasteiger partial charge in [-0.15, -0.1) is 0 Å². The van der Waals surface area contributed by atoms with E-state index in [-0.39, 0.29) is 60.7 Å². The number of halogens is 3. The van der Waals surface area contributed by atoms with Crippen LogP contribution in [0.4, 0.5) is 14.5 Å². The minimum absolute atomic E-state index is 0.0405. The van der Waals surface area contributed by atoms with Crippen LogP contribution in [0.2, 0.25) is 5.15 Å². The molecule has 44 heavy (non-hydrogen) atoms. The summed E-state index contributed by atoms with van der Waals surface area (Å²) in [5.74, 6) is -3.38. The third kappa shape index (κ3) is 8.73. The Morgan fingerprint density at radius 1 is 1.11 bits per heavy atom. The molecule has 0 saturated heterocycles. The molecule has 1 aliphatic heterocycles. The highest BCUT2D eigenvalue weighted by Crippen LogP contribution is 2.35. The average molecular weight is 629 g/mol. The highest BCUT2D eigenvalue weighted by Gasteiger charge is 2.26. The number of carbonyl (C=O) groups is 3. The van der Waals surface area contributed by atoms with Crippen LogP contribution in [0.25, 0.3) is 11.3 Å². The van der Waals surface area contributed by atoms with Crippen LogP contribution >= 0.6 is 11.6 Å². The van der Waals surface area contributed by atoms with Crippen molar-refractivity contribution < 1.29 is 32.6 Å². The highest BCUT2D eigenvalue weighted by molar-refractivity contribution is 6.32. The number of nitrogens with one attached hydrogen (secondary N) is 3. The Morgan fingerprint density at radius 3 is 2.55 bits per heavy atom. The molecular weight excluding hydrogens is 594 g/mol. The van der Waals surface area contributed by atoms with E-state index >= 15 is 0 Å². The summed E-state index contributed by atoms with van der Waals surface area (Å²) in [5.41, 5.74) is 1.01. The second kappa shape index (κ2) is 14.1. The molecule has 0 aliphatic carbocycles. The molecule has 1 aliphatic rings. The Hall–Kier alpha value is -4.09. The van der Waals surface area contributed by atoms with Crippen molar-refractivity contribution >= 4 is 35.1 Å². The first-order valence-corrected chi connectivity index (χ1v) is 14.6. The summed E-state index contributed by atoms with van der Waals surface area (Å²) < 4.78 is 40.0. The van der Waals surface area contributed by atoms with E-state index in [9.17, 15) is 23.2 Å². The van der Waals surface area contributed by atoms with Crippen molar-refractivity contribution in [2.75, 3.05) is 18.5 Å². The van der Waals surface area contributed by atoms with Gasteiger partial charge in [-0.05, 0) is 69.9 Å². The molecule has 2 heterocycles. The smallest absolute Gasteiger partial charge is 0.310 e. The van der Waals surface area contributed by atoms with Crippen molar-refractivity contribution in [1.29, 1.82) is 0 Å². The standard InChI is InChI=1S/C32H35ClF2N4O5/c1-18-14-21(34)27(22(35)15-18)31(42)37-23-8-6-5-7-9-25(40)36-24-16-19(17-26(41)43-12-13-44-32(2,3)4)10-11-20(24)28-29(33)39-30(23)38-28/h5-6,10-11,14-16,23H,7-9,12-13,17H2,1-4H3,(H,36,40)(H,37,42)(H,38,39)/b6-5+/t23-/m0/s1. The van der Waals surface area contributed by atoms with E-state index in [4.69, 9.17) is 21.1 Å². The first-order chi connectivity index (χ1) is 20.8. The fraction of sp³-hybridized carbons (Fsp3) is 0.375. The third-order valence-corrected chi connectivity index (χ3v) is 6.92. The summed E-state index contributed by atoms with van der Waals surface area (Å²) >= 11 is 6.56. The molecule has 234 valence electrons. The molecule has 0 spiro atoms. The van der Waals surface area contributed by atoms with Gasteiger partial charge in [0, 0.05) is 12.0 Å². The Labute approximate surface area is 259 Å². The van der Waals surface area contributed by atoms with Crippen molar-refractivity contribution in [3.63, 3.8) is 0 Å². The van der Waals surface area contributed by atoms with Gasteiger partial charge in [0.05, 0.1) is 30.4 Å². The molecule has 0 fully saturated rings. The zero-order valence-electron chi connectivity index (χ0n) is 25.0. The number of carbonyl (C=O) groups excluding carboxylic acids is 3. The maximum atomic E-state index is 14.5. The number of H-pyrrole nitrogens is 1. The fourth-order valence-electron chi connectivity index (χ4n) is 4.61. The predicted molar refractivity (Wildman–Crippen MR) is 162 cm³/mol. The number of allylic oxidation sites excluding steroid dienone is 1. The first-order valence-electron chi connectivity index (χ1n) is 14.2. The molecule has 3 N–H and O–H groups in total. The van der Waals surface area contributed by atoms with E-state index in [1.807, 2.05) is 20.8 Å². The lowest BCUT2D eigenvalue weighted by Crippen LogP contribution is -2.30. The minimum atomic E-state index is -0.977. The zero-order valence-corrected chi connectivity index (χ0v) is 25.7. The van der Waals surface area contributed by atoms with Crippen LogP contribution in [-0.2, 0) is 25.5 Å². The summed E-state index contributed by atoms with van der Waals surface area (Å²) in [7, 11) is 0. The van der Waals surface area contributed by atoms with E-state index in [0.29, 0.717) is 28.8 Å². The van der Waals surface area contributed by atoms with Gasteiger partial charge in [-0.25, -0.2) is 13.8 Å². The summed E-state index contributed by atoms with van der Waals surface area (Å²) in [6.45, 7) is 7.62. The number of nitrogens with zero attached hydrogens (tertiary/aromatic N) is 1. The summed E-state index contributed by atoms with van der Waals surface area (Å²) in [4.78, 5) is 45.8. The number of fused-ring (bicyclic) bond motifs is 4. The number of rotatable bonds is 7. The molecule has 2 aromatic carbocycles. The number of imidazole rings is 1. The molecule has 0 saturated carbocycles. The molecule has 1 aromatic heterocycles. The average Bonchev–Trinajstić information content (AvgIpc) is 3.30. The molecule has 4 rings (SSSR count). The van der Waals surface area contributed by atoms with E-state index in [2.05, 4.69) is 20.6 Å². The van der Waals surface area contributed by atoms with Crippen LogP contribution in [-0.4, -0.2) is 46.6 Å². The normalized spacial score (nSPS) is 16.1. The number of aromatic nitrogens is 2. The number of hydrogen-bond acceptors (Lipinski definition) is 6. The van der Waals surface area contributed by atoms with Gasteiger partial charge >= 0.3 is 5.97 Å². The SMILES string of the molecule is Cc1cc(F)c(C(=O)N[C@H]2C/C=C/CCC(=O)Nc3cc(CC(=O)OCCOC(C)(C)C)ccc3-c3nc2[nH]c3Cl)c(F)c1. The van der Waals surface area contributed by atoms with Crippen molar-refractivity contribution in [3.05, 3.63) is 81.8 Å². The van der Waals surface area contributed by atoms with Gasteiger partial charge in [-0.1, -0.05) is 35.9 Å². The highest BCUT2D eigenvalue weighted by atomic mass is 35.5. The quantitative estimate of drug-likeness (QED) is 0.159. The third-order valence-electron chi connectivity index (χ3n) is 6.65. The van der Waals surface area contributed by atoms with Crippen LogP contribution in [0.15, 0.2) is 42.5 Å². The summed E-state index contributed by atoms with van der Waals surface area (Å²) in [5, 5.41) is 5.65. The number of hydrogen-bond donors (Lipinski definition) is 3. The van der Waals surface area contributed by atoms with Crippen LogP contribution in [0.3, 0.4) is 0 Å². The number of amides is 2. The van der Waals surface area contributed by atoms with E-state index in [0.717, 1.165) is 12.1 Å². The minimum Gasteiger partial charge on any atom is -0.463 e. The zero-order chi connectivity index (χ0) is 32.0. The summed E-state index contributed by atoms with van der Waals surface area (Å²) in [6, 6.07) is 6.37. The number of aryl methyl sites for hydroxylation is 1. The fourth-order valence-corrected chi connectivity index (χ4v) is 4.85. The maximum absolute atomic E-state index is 14.5.